The van der Waals surface area contributed by atoms with Crippen molar-refractivity contribution in [2.45, 2.75) is 26.8 Å². The van der Waals surface area contributed by atoms with Crippen LogP contribution in [0.2, 0.25) is 0 Å². The highest BCUT2D eigenvalue weighted by Gasteiger charge is 2.26. The number of aromatic nitrogens is 1. The van der Waals surface area contributed by atoms with Crippen LogP contribution in [0.3, 0.4) is 0 Å². The Bertz CT molecular complexity index is 1110. The fourth-order valence-corrected chi connectivity index (χ4v) is 3.91. The molecule has 168 valence electrons. The number of thiazole rings is 1. The van der Waals surface area contributed by atoms with Crippen LogP contribution in [0, 0.1) is 12.8 Å². The van der Waals surface area contributed by atoms with Crippen molar-refractivity contribution >= 4 is 28.3 Å². The van der Waals surface area contributed by atoms with Gasteiger partial charge in [0.2, 0.25) is 5.91 Å². The molecule has 32 heavy (non-hydrogen) atoms. The molecule has 0 saturated carbocycles. The SMILES string of the molecule is COc1ccc(OC)c(-c2csc(NC(=O)C(NC(=O)c3cccc(C)c3)C(C)C)n2)c1. The van der Waals surface area contributed by atoms with Crippen LogP contribution >= 0.6 is 11.3 Å². The van der Waals surface area contributed by atoms with Crippen LogP contribution in [-0.2, 0) is 4.79 Å². The monoisotopic (exact) mass is 453 g/mol. The first-order valence-electron chi connectivity index (χ1n) is 10.2. The van der Waals surface area contributed by atoms with Gasteiger partial charge in [0.05, 0.1) is 19.9 Å². The maximum Gasteiger partial charge on any atom is 0.251 e. The van der Waals surface area contributed by atoms with Gasteiger partial charge in [0.25, 0.3) is 5.91 Å². The fourth-order valence-electron chi connectivity index (χ4n) is 3.20. The quantitative estimate of drug-likeness (QED) is 0.523. The minimum Gasteiger partial charge on any atom is -0.497 e. The first-order chi connectivity index (χ1) is 15.3. The van der Waals surface area contributed by atoms with E-state index < -0.39 is 6.04 Å². The summed E-state index contributed by atoms with van der Waals surface area (Å²) >= 11 is 1.30. The van der Waals surface area contributed by atoms with Crippen molar-refractivity contribution in [1.29, 1.82) is 0 Å². The summed E-state index contributed by atoms with van der Waals surface area (Å²) in [7, 11) is 3.18. The second-order valence-electron chi connectivity index (χ2n) is 7.66. The number of hydrogen-bond acceptors (Lipinski definition) is 6. The minimum absolute atomic E-state index is 0.110. The van der Waals surface area contributed by atoms with E-state index in [9.17, 15) is 9.59 Å². The standard InChI is InChI=1S/C24H27N3O4S/c1-14(2)21(26-22(28)16-8-6-7-15(3)11-16)23(29)27-24-25-19(13-32-24)18-12-17(30-4)9-10-20(18)31-5/h6-14,21H,1-5H3,(H,26,28)(H,25,27,29). The number of benzene rings is 2. The molecular formula is C24H27N3O4S. The summed E-state index contributed by atoms with van der Waals surface area (Å²) in [4.78, 5) is 30.1. The summed E-state index contributed by atoms with van der Waals surface area (Å²) in [5.41, 5.74) is 2.92. The summed E-state index contributed by atoms with van der Waals surface area (Å²) in [5.74, 6) is 0.613. The number of anilines is 1. The Kier molecular flexibility index (Phi) is 7.48. The molecule has 7 nitrogen and oxygen atoms in total. The maximum absolute atomic E-state index is 13.0. The molecule has 1 aromatic heterocycles. The normalized spacial score (nSPS) is 11.7. The third-order valence-corrected chi connectivity index (χ3v) is 5.69. The van der Waals surface area contributed by atoms with Gasteiger partial charge < -0.3 is 20.1 Å². The zero-order valence-electron chi connectivity index (χ0n) is 18.8. The molecule has 0 spiro atoms. The van der Waals surface area contributed by atoms with E-state index in [2.05, 4.69) is 15.6 Å². The molecular weight excluding hydrogens is 426 g/mol. The molecule has 0 aliphatic rings. The topological polar surface area (TPSA) is 89.5 Å². The van der Waals surface area contributed by atoms with Gasteiger partial charge in [0.15, 0.2) is 5.13 Å². The van der Waals surface area contributed by atoms with Gasteiger partial charge >= 0.3 is 0 Å². The van der Waals surface area contributed by atoms with E-state index in [0.29, 0.717) is 27.9 Å². The number of rotatable bonds is 8. The van der Waals surface area contributed by atoms with Crippen LogP contribution in [0.5, 0.6) is 11.5 Å². The molecule has 0 bridgehead atoms. The Morgan fingerprint density at radius 3 is 2.50 bits per heavy atom. The van der Waals surface area contributed by atoms with Gasteiger partial charge in [-0.3, -0.25) is 9.59 Å². The first-order valence-corrected chi connectivity index (χ1v) is 11.1. The molecule has 3 rings (SSSR count). The van der Waals surface area contributed by atoms with Gasteiger partial charge in [-0.15, -0.1) is 11.3 Å². The van der Waals surface area contributed by atoms with Gasteiger partial charge in [-0.1, -0.05) is 31.5 Å². The van der Waals surface area contributed by atoms with E-state index in [1.54, 1.807) is 32.4 Å². The smallest absolute Gasteiger partial charge is 0.251 e. The molecule has 0 fully saturated rings. The lowest BCUT2D eigenvalue weighted by atomic mass is 10.0. The van der Waals surface area contributed by atoms with Crippen molar-refractivity contribution in [3.8, 4) is 22.8 Å². The number of carbonyl (C=O) groups excluding carboxylic acids is 2. The van der Waals surface area contributed by atoms with Crippen molar-refractivity contribution in [3.63, 3.8) is 0 Å². The average molecular weight is 454 g/mol. The predicted octanol–water partition coefficient (Wildman–Crippen LogP) is 4.53. The van der Waals surface area contributed by atoms with Crippen LogP contribution < -0.4 is 20.1 Å². The first kappa shape index (κ1) is 23.3. The summed E-state index contributed by atoms with van der Waals surface area (Å²) in [6.45, 7) is 5.69. The lowest BCUT2D eigenvalue weighted by Gasteiger charge is -2.21. The highest BCUT2D eigenvalue weighted by molar-refractivity contribution is 7.14. The van der Waals surface area contributed by atoms with E-state index >= 15 is 0 Å². The Balaban J connectivity index is 1.76. The largest absolute Gasteiger partial charge is 0.497 e. The summed E-state index contributed by atoms with van der Waals surface area (Å²) in [6.07, 6.45) is 0. The number of ether oxygens (including phenoxy) is 2. The van der Waals surface area contributed by atoms with Crippen molar-refractivity contribution in [2.75, 3.05) is 19.5 Å². The van der Waals surface area contributed by atoms with Crippen LogP contribution in [0.4, 0.5) is 5.13 Å². The average Bonchev–Trinajstić information content (AvgIpc) is 3.24. The molecule has 1 atom stereocenters. The molecule has 2 amide bonds. The maximum atomic E-state index is 13.0. The van der Waals surface area contributed by atoms with Crippen molar-refractivity contribution in [3.05, 3.63) is 59.0 Å². The highest BCUT2D eigenvalue weighted by atomic mass is 32.1. The molecule has 1 unspecified atom stereocenters. The third-order valence-electron chi connectivity index (χ3n) is 4.93. The van der Waals surface area contributed by atoms with E-state index in [1.165, 1.54) is 11.3 Å². The lowest BCUT2D eigenvalue weighted by Crippen LogP contribution is -2.47. The van der Waals surface area contributed by atoms with E-state index in [4.69, 9.17) is 9.47 Å². The zero-order valence-corrected chi connectivity index (χ0v) is 19.6. The number of aryl methyl sites for hydroxylation is 1. The van der Waals surface area contributed by atoms with E-state index in [1.807, 2.05) is 50.4 Å². The zero-order chi connectivity index (χ0) is 23.3. The Labute approximate surface area is 191 Å². The van der Waals surface area contributed by atoms with Crippen LogP contribution in [0.15, 0.2) is 47.8 Å². The third kappa shape index (κ3) is 5.45. The minimum atomic E-state index is -0.707. The van der Waals surface area contributed by atoms with Gasteiger partial charge in [-0.05, 0) is 43.2 Å². The second kappa shape index (κ2) is 10.3. The van der Waals surface area contributed by atoms with Crippen LogP contribution in [0.1, 0.15) is 29.8 Å². The second-order valence-corrected chi connectivity index (χ2v) is 8.52. The predicted molar refractivity (Wildman–Crippen MR) is 127 cm³/mol. The number of carbonyl (C=O) groups is 2. The number of nitrogens with zero attached hydrogens (tertiary/aromatic N) is 1. The highest BCUT2D eigenvalue weighted by Crippen LogP contribution is 2.35. The molecule has 0 saturated heterocycles. The molecule has 8 heteroatoms. The molecule has 1 heterocycles. The van der Waals surface area contributed by atoms with Gasteiger partial charge in [-0.25, -0.2) is 4.98 Å². The van der Waals surface area contributed by atoms with Crippen LogP contribution in [0.25, 0.3) is 11.3 Å². The van der Waals surface area contributed by atoms with Crippen molar-refractivity contribution < 1.29 is 19.1 Å². The molecule has 0 radical (unpaired) electrons. The van der Waals surface area contributed by atoms with E-state index in [-0.39, 0.29) is 17.7 Å². The lowest BCUT2D eigenvalue weighted by molar-refractivity contribution is -0.118. The molecule has 0 aliphatic carbocycles. The molecule has 0 aliphatic heterocycles. The molecule has 3 aromatic rings. The molecule has 2 N–H and O–H groups in total. The van der Waals surface area contributed by atoms with Crippen LogP contribution in [-0.4, -0.2) is 37.1 Å². The van der Waals surface area contributed by atoms with E-state index in [0.717, 1.165) is 11.1 Å². The summed E-state index contributed by atoms with van der Waals surface area (Å²) in [5, 5.41) is 7.94. The Hall–Kier alpha value is -3.39. The molecule has 2 aromatic carbocycles. The Morgan fingerprint density at radius 1 is 1.06 bits per heavy atom. The number of methoxy groups -OCH3 is 2. The Morgan fingerprint density at radius 2 is 1.84 bits per heavy atom. The van der Waals surface area contributed by atoms with Gasteiger partial charge in [0, 0.05) is 16.5 Å². The van der Waals surface area contributed by atoms with Gasteiger partial charge in [-0.2, -0.15) is 0 Å². The number of hydrogen-bond donors (Lipinski definition) is 2. The van der Waals surface area contributed by atoms with Gasteiger partial charge in [0.1, 0.15) is 17.5 Å². The number of nitrogens with one attached hydrogen (secondary N) is 2. The fraction of sp³-hybridized carbons (Fsp3) is 0.292. The summed E-state index contributed by atoms with van der Waals surface area (Å²) < 4.78 is 10.7. The summed E-state index contributed by atoms with van der Waals surface area (Å²) in [6, 6.07) is 12.0. The van der Waals surface area contributed by atoms with Crippen molar-refractivity contribution in [2.24, 2.45) is 5.92 Å². The van der Waals surface area contributed by atoms with Crippen molar-refractivity contribution in [1.82, 2.24) is 10.3 Å². The number of amides is 2.